The van der Waals surface area contributed by atoms with E-state index >= 15 is 0 Å². The zero-order valence-electron chi connectivity index (χ0n) is 10.3. The lowest BCUT2D eigenvalue weighted by Gasteiger charge is -2.28. The van der Waals surface area contributed by atoms with E-state index in [0.29, 0.717) is 6.07 Å². The molecule has 0 heterocycles. The molecule has 1 nitrogen and oxygen atoms in total. The number of hydrogen-bond acceptors (Lipinski definition) is 1. The van der Waals surface area contributed by atoms with Crippen molar-refractivity contribution in [3.63, 3.8) is 0 Å². The second-order valence-electron chi connectivity index (χ2n) is 5.08. The van der Waals surface area contributed by atoms with Crippen LogP contribution in [0, 0.1) is 11.2 Å². The van der Waals surface area contributed by atoms with Crippen LogP contribution in [0.25, 0.3) is 0 Å². The molecule has 1 aromatic carbocycles. The third-order valence-electron chi connectivity index (χ3n) is 2.59. The van der Waals surface area contributed by atoms with Crippen molar-refractivity contribution >= 4 is 12.4 Å². The molecule has 0 aromatic heterocycles. The Morgan fingerprint density at radius 3 is 2.00 bits per heavy atom. The van der Waals surface area contributed by atoms with Gasteiger partial charge in [-0.1, -0.05) is 20.8 Å². The van der Waals surface area contributed by atoms with Gasteiger partial charge in [-0.2, -0.15) is 13.2 Å². The second kappa shape index (κ2) is 5.45. The first-order valence-corrected chi connectivity index (χ1v) is 5.15. The second-order valence-corrected chi connectivity index (χ2v) is 5.08. The highest BCUT2D eigenvalue weighted by Gasteiger charge is 2.33. The van der Waals surface area contributed by atoms with Crippen LogP contribution >= 0.6 is 12.4 Å². The van der Waals surface area contributed by atoms with Crippen LogP contribution in [-0.2, 0) is 6.18 Å². The molecule has 1 aromatic rings. The van der Waals surface area contributed by atoms with Crippen LogP contribution in [0.5, 0.6) is 0 Å². The fraction of sp³-hybridized carbons (Fsp3) is 0.500. The van der Waals surface area contributed by atoms with Gasteiger partial charge in [-0.3, -0.25) is 0 Å². The first-order chi connectivity index (χ1) is 7.53. The van der Waals surface area contributed by atoms with Gasteiger partial charge in [-0.15, -0.1) is 12.4 Å². The maximum atomic E-state index is 13.5. The van der Waals surface area contributed by atoms with Crippen molar-refractivity contribution in [3.05, 3.63) is 35.1 Å². The number of benzene rings is 1. The standard InChI is InChI=1S/C12H15F4N.ClH/c1-11(2,3)10(17)8-6-7(12(14,15)16)4-5-9(8)13;/h4-6,10H,17H2,1-3H3;1H/t10-;/m1./s1. The average Bonchev–Trinajstić information content (AvgIpc) is 2.14. The van der Waals surface area contributed by atoms with Crippen molar-refractivity contribution in [1.82, 2.24) is 0 Å². The molecule has 0 saturated heterocycles. The van der Waals surface area contributed by atoms with Gasteiger partial charge >= 0.3 is 6.18 Å². The van der Waals surface area contributed by atoms with Gasteiger partial charge in [-0.05, 0) is 23.6 Å². The summed E-state index contributed by atoms with van der Waals surface area (Å²) >= 11 is 0. The lowest BCUT2D eigenvalue weighted by atomic mass is 9.82. The summed E-state index contributed by atoms with van der Waals surface area (Å²) in [6.07, 6.45) is -4.49. The van der Waals surface area contributed by atoms with Crippen LogP contribution in [0.2, 0.25) is 0 Å². The number of rotatable bonds is 1. The molecule has 0 amide bonds. The molecule has 0 saturated carbocycles. The fourth-order valence-electron chi connectivity index (χ4n) is 1.42. The van der Waals surface area contributed by atoms with Crippen molar-refractivity contribution in [2.45, 2.75) is 33.0 Å². The summed E-state index contributed by atoms with van der Waals surface area (Å²) in [6.45, 7) is 5.24. The monoisotopic (exact) mass is 285 g/mol. The van der Waals surface area contributed by atoms with E-state index in [2.05, 4.69) is 0 Å². The zero-order chi connectivity index (χ0) is 13.4. The minimum Gasteiger partial charge on any atom is -0.323 e. The maximum absolute atomic E-state index is 13.5. The van der Waals surface area contributed by atoms with E-state index in [4.69, 9.17) is 5.73 Å². The Morgan fingerprint density at radius 1 is 1.11 bits per heavy atom. The highest BCUT2D eigenvalue weighted by atomic mass is 35.5. The maximum Gasteiger partial charge on any atom is 0.416 e. The normalized spacial score (nSPS) is 14.0. The molecule has 0 spiro atoms. The Labute approximate surface area is 110 Å². The van der Waals surface area contributed by atoms with Crippen LogP contribution in [-0.4, -0.2) is 0 Å². The van der Waals surface area contributed by atoms with E-state index in [9.17, 15) is 17.6 Å². The molecule has 6 heteroatoms. The Kier molecular flexibility index (Phi) is 5.20. The molecule has 18 heavy (non-hydrogen) atoms. The molecule has 104 valence electrons. The summed E-state index contributed by atoms with van der Waals surface area (Å²) in [6, 6.07) is 1.52. The first-order valence-electron chi connectivity index (χ1n) is 5.15. The van der Waals surface area contributed by atoms with E-state index in [1.807, 2.05) is 0 Å². The van der Waals surface area contributed by atoms with Crippen molar-refractivity contribution < 1.29 is 17.6 Å². The predicted octanol–water partition coefficient (Wildman–Crippen LogP) is 4.31. The van der Waals surface area contributed by atoms with Crippen molar-refractivity contribution in [3.8, 4) is 0 Å². The summed E-state index contributed by atoms with van der Waals surface area (Å²) in [5, 5.41) is 0. The minimum absolute atomic E-state index is 0. The molecule has 2 N–H and O–H groups in total. The number of alkyl halides is 3. The summed E-state index contributed by atoms with van der Waals surface area (Å²) in [5.41, 5.74) is 4.28. The lowest BCUT2D eigenvalue weighted by Crippen LogP contribution is -2.27. The molecule has 0 unspecified atom stereocenters. The molecule has 0 radical (unpaired) electrons. The van der Waals surface area contributed by atoms with E-state index in [0.717, 1.165) is 12.1 Å². The van der Waals surface area contributed by atoms with Crippen LogP contribution < -0.4 is 5.73 Å². The van der Waals surface area contributed by atoms with Crippen LogP contribution in [0.1, 0.15) is 37.9 Å². The topological polar surface area (TPSA) is 26.0 Å². The molecular formula is C12H16ClF4N. The Bertz CT molecular complexity index is 410. The third kappa shape index (κ3) is 3.85. The van der Waals surface area contributed by atoms with Gasteiger partial charge < -0.3 is 5.73 Å². The average molecular weight is 286 g/mol. The molecule has 1 atom stereocenters. The number of nitrogens with two attached hydrogens (primary N) is 1. The zero-order valence-corrected chi connectivity index (χ0v) is 11.1. The van der Waals surface area contributed by atoms with Gasteiger partial charge in [0.2, 0.25) is 0 Å². The molecule has 0 aliphatic rings. The number of halogens is 5. The molecular weight excluding hydrogens is 270 g/mol. The van der Waals surface area contributed by atoms with Crippen molar-refractivity contribution in [2.24, 2.45) is 11.1 Å². The van der Waals surface area contributed by atoms with Crippen molar-refractivity contribution in [1.29, 1.82) is 0 Å². The van der Waals surface area contributed by atoms with Crippen LogP contribution in [0.15, 0.2) is 18.2 Å². The first kappa shape index (κ1) is 17.2. The molecule has 0 fully saturated rings. The van der Waals surface area contributed by atoms with E-state index < -0.39 is 29.0 Å². The van der Waals surface area contributed by atoms with E-state index in [-0.39, 0.29) is 18.0 Å². The largest absolute Gasteiger partial charge is 0.416 e. The SMILES string of the molecule is CC(C)(C)[C@H](N)c1cc(C(F)(F)F)ccc1F.Cl. The Morgan fingerprint density at radius 2 is 1.61 bits per heavy atom. The van der Waals surface area contributed by atoms with Crippen LogP contribution in [0.4, 0.5) is 17.6 Å². The van der Waals surface area contributed by atoms with Crippen LogP contribution in [0.3, 0.4) is 0 Å². The smallest absolute Gasteiger partial charge is 0.323 e. The van der Waals surface area contributed by atoms with E-state index in [1.165, 1.54) is 0 Å². The fourth-order valence-corrected chi connectivity index (χ4v) is 1.42. The Hall–Kier alpha value is -0.810. The summed E-state index contributed by atoms with van der Waals surface area (Å²) in [7, 11) is 0. The van der Waals surface area contributed by atoms with E-state index in [1.54, 1.807) is 20.8 Å². The van der Waals surface area contributed by atoms with Gasteiger partial charge in [0.15, 0.2) is 0 Å². The summed E-state index contributed by atoms with van der Waals surface area (Å²) in [4.78, 5) is 0. The minimum atomic E-state index is -4.49. The van der Waals surface area contributed by atoms with Gasteiger partial charge in [-0.25, -0.2) is 4.39 Å². The summed E-state index contributed by atoms with van der Waals surface area (Å²) < 4.78 is 51.0. The highest BCUT2D eigenvalue weighted by molar-refractivity contribution is 5.85. The van der Waals surface area contributed by atoms with Crippen molar-refractivity contribution in [2.75, 3.05) is 0 Å². The van der Waals surface area contributed by atoms with Gasteiger partial charge in [0.05, 0.1) is 5.56 Å². The molecule has 0 aliphatic carbocycles. The Balaban J connectivity index is 0.00000289. The third-order valence-corrected chi connectivity index (χ3v) is 2.59. The van der Waals surface area contributed by atoms with Gasteiger partial charge in [0.25, 0.3) is 0 Å². The quantitative estimate of drug-likeness (QED) is 0.765. The molecule has 1 rings (SSSR count). The highest BCUT2D eigenvalue weighted by Crippen LogP contribution is 2.36. The molecule has 0 bridgehead atoms. The summed E-state index contributed by atoms with van der Waals surface area (Å²) in [5.74, 6) is -0.708. The number of hydrogen-bond donors (Lipinski definition) is 1. The predicted molar refractivity (Wildman–Crippen MR) is 65.0 cm³/mol. The van der Waals surface area contributed by atoms with Gasteiger partial charge in [0.1, 0.15) is 5.82 Å². The van der Waals surface area contributed by atoms with Gasteiger partial charge in [0, 0.05) is 11.6 Å². The lowest BCUT2D eigenvalue weighted by molar-refractivity contribution is -0.137. The molecule has 0 aliphatic heterocycles.